The molecule has 1 aromatic carbocycles. The van der Waals surface area contributed by atoms with Gasteiger partial charge >= 0.3 is 0 Å². The van der Waals surface area contributed by atoms with Gasteiger partial charge in [-0.25, -0.2) is 0 Å². The number of amides is 2. The Bertz CT molecular complexity index is 1070. The molecule has 2 aromatic rings. The van der Waals surface area contributed by atoms with Gasteiger partial charge in [0.05, 0.1) is 11.9 Å². The van der Waals surface area contributed by atoms with E-state index in [-0.39, 0.29) is 19.3 Å². The van der Waals surface area contributed by atoms with Gasteiger partial charge in [-0.05, 0) is 86.3 Å². The van der Waals surface area contributed by atoms with Crippen LogP contribution >= 0.6 is 0 Å². The summed E-state index contributed by atoms with van der Waals surface area (Å²) in [6, 6.07) is 8.17. The Kier molecular flexibility index (Phi) is 5.85. The summed E-state index contributed by atoms with van der Waals surface area (Å²) >= 11 is 0. The number of aromatic nitrogens is 2. The van der Waals surface area contributed by atoms with Crippen molar-refractivity contribution in [3.05, 3.63) is 52.8 Å². The molecule has 2 heterocycles. The summed E-state index contributed by atoms with van der Waals surface area (Å²) in [5.41, 5.74) is 5.50. The van der Waals surface area contributed by atoms with E-state index >= 15 is 0 Å². The zero-order valence-corrected chi connectivity index (χ0v) is 19.9. The molecule has 0 radical (unpaired) electrons. The third-order valence-corrected chi connectivity index (χ3v) is 7.44. The minimum absolute atomic E-state index is 0. The highest BCUT2D eigenvalue weighted by molar-refractivity contribution is 5.95. The molecule has 2 amide bonds. The van der Waals surface area contributed by atoms with E-state index in [2.05, 4.69) is 49.2 Å². The molecule has 6 heteroatoms. The zero-order chi connectivity index (χ0) is 23.1. The maximum atomic E-state index is 13.4. The molecule has 5 rings (SSSR count). The van der Waals surface area contributed by atoms with Crippen LogP contribution in [0.4, 0.5) is 0 Å². The van der Waals surface area contributed by atoms with Gasteiger partial charge in [0.2, 0.25) is 5.91 Å². The lowest BCUT2D eigenvalue weighted by Gasteiger charge is -2.30. The van der Waals surface area contributed by atoms with Crippen LogP contribution in [0.25, 0.3) is 11.6 Å². The van der Waals surface area contributed by atoms with Gasteiger partial charge in [0.1, 0.15) is 0 Å². The van der Waals surface area contributed by atoms with Crippen LogP contribution in [0.15, 0.2) is 30.5 Å². The van der Waals surface area contributed by atoms with Crippen molar-refractivity contribution in [2.24, 2.45) is 17.8 Å². The van der Waals surface area contributed by atoms with Crippen LogP contribution in [0.3, 0.4) is 0 Å². The van der Waals surface area contributed by atoms with E-state index in [1.54, 1.807) is 0 Å². The summed E-state index contributed by atoms with van der Waals surface area (Å²) in [6.07, 6.45) is 8.14. The number of H-pyrrole nitrogens is 1. The van der Waals surface area contributed by atoms with E-state index in [0.29, 0.717) is 24.3 Å². The lowest BCUT2D eigenvalue weighted by atomic mass is 9.84. The first-order valence-corrected chi connectivity index (χ1v) is 12.3. The molecule has 3 aliphatic rings. The fourth-order valence-electron chi connectivity index (χ4n) is 5.26. The summed E-state index contributed by atoms with van der Waals surface area (Å²) in [5.74, 6) is 1.43. The van der Waals surface area contributed by atoms with Gasteiger partial charge in [-0.1, -0.05) is 19.1 Å². The third-order valence-electron chi connectivity index (χ3n) is 7.44. The first-order chi connectivity index (χ1) is 15.9. The fourth-order valence-corrected chi connectivity index (χ4v) is 5.26. The smallest absolute Gasteiger partial charge is 0.254 e. The second kappa shape index (κ2) is 8.81. The van der Waals surface area contributed by atoms with Gasteiger partial charge in [0, 0.05) is 38.6 Å². The average molecular weight is 449 g/mol. The standard InChI is InChI=1S/C27H34N4O2.H2/c1-17(2)31(16-19-10-11-30(15-19)26(32)21-8-9-21)27(33)22-6-4-20(5-7-22)24-13-25-23(12-18(24)3)14-28-29-25;/h4-7,13-14,17-19,21H,8-12,15-16H2,1-3H3,(H,28,29);1H/t18?,19-;/m1./s1. The van der Waals surface area contributed by atoms with Crippen molar-refractivity contribution >= 4 is 23.5 Å². The number of benzene rings is 1. The van der Waals surface area contributed by atoms with Crippen molar-refractivity contribution in [1.29, 1.82) is 0 Å². The Morgan fingerprint density at radius 2 is 1.97 bits per heavy atom. The lowest BCUT2D eigenvalue weighted by molar-refractivity contribution is -0.131. The second-order valence-corrected chi connectivity index (χ2v) is 10.4. The Morgan fingerprint density at radius 3 is 2.67 bits per heavy atom. The summed E-state index contributed by atoms with van der Waals surface area (Å²) in [4.78, 5) is 29.8. The Morgan fingerprint density at radius 1 is 1.21 bits per heavy atom. The van der Waals surface area contributed by atoms with Crippen LogP contribution in [0.2, 0.25) is 0 Å². The molecular formula is C27H36N4O2. The quantitative estimate of drug-likeness (QED) is 0.708. The molecule has 33 heavy (non-hydrogen) atoms. The number of rotatable bonds is 6. The van der Waals surface area contributed by atoms with Crippen LogP contribution in [0.5, 0.6) is 0 Å². The summed E-state index contributed by atoms with van der Waals surface area (Å²) < 4.78 is 0. The number of hydrogen-bond acceptors (Lipinski definition) is 3. The Balaban J connectivity index is 0.00000274. The molecule has 1 N–H and O–H groups in total. The predicted octanol–water partition coefficient (Wildman–Crippen LogP) is 4.50. The van der Waals surface area contributed by atoms with Gasteiger partial charge in [0.25, 0.3) is 5.91 Å². The molecule has 6 nitrogen and oxygen atoms in total. The second-order valence-electron chi connectivity index (χ2n) is 10.4. The van der Waals surface area contributed by atoms with Crippen LogP contribution in [-0.2, 0) is 11.2 Å². The first-order valence-electron chi connectivity index (χ1n) is 12.3. The minimum atomic E-state index is 0. The summed E-state index contributed by atoms with van der Waals surface area (Å²) in [6.45, 7) is 8.71. The van der Waals surface area contributed by atoms with Gasteiger partial charge < -0.3 is 9.80 Å². The molecule has 1 saturated heterocycles. The van der Waals surface area contributed by atoms with Gasteiger partial charge in [-0.3, -0.25) is 14.7 Å². The molecule has 1 aromatic heterocycles. The molecule has 2 atom stereocenters. The summed E-state index contributed by atoms with van der Waals surface area (Å²) in [5, 5.41) is 7.24. The lowest BCUT2D eigenvalue weighted by Crippen LogP contribution is -2.41. The fraction of sp³-hybridized carbons (Fsp3) is 0.519. The van der Waals surface area contributed by atoms with E-state index in [1.165, 1.54) is 11.1 Å². The van der Waals surface area contributed by atoms with E-state index in [1.807, 2.05) is 28.1 Å². The number of nitrogens with zero attached hydrogens (tertiary/aromatic N) is 3. The van der Waals surface area contributed by atoms with E-state index < -0.39 is 0 Å². The normalized spacial score (nSPS) is 22.3. The van der Waals surface area contributed by atoms with Crippen molar-refractivity contribution in [3.8, 4) is 0 Å². The number of carbonyl (C=O) groups is 2. The SMILES string of the molecule is CC1Cc2cn[nH]c2C=C1c1ccc(C(=O)N(C[C@@H]2CCN(C(=O)C3CC3)C2)C(C)C)cc1.[HH]. The molecule has 0 bridgehead atoms. The monoisotopic (exact) mass is 448 g/mol. The molecule has 2 aliphatic carbocycles. The number of fused-ring (bicyclic) bond motifs is 1. The molecular weight excluding hydrogens is 412 g/mol. The molecule has 2 fully saturated rings. The Labute approximate surface area is 197 Å². The highest BCUT2D eigenvalue weighted by Crippen LogP contribution is 2.35. The highest BCUT2D eigenvalue weighted by Gasteiger charge is 2.37. The minimum Gasteiger partial charge on any atom is -0.342 e. The van der Waals surface area contributed by atoms with Crippen LogP contribution in [0.1, 0.15) is 68.6 Å². The van der Waals surface area contributed by atoms with E-state index in [9.17, 15) is 9.59 Å². The van der Waals surface area contributed by atoms with Crippen molar-refractivity contribution in [2.75, 3.05) is 19.6 Å². The molecule has 176 valence electrons. The zero-order valence-electron chi connectivity index (χ0n) is 19.9. The maximum Gasteiger partial charge on any atom is 0.254 e. The van der Waals surface area contributed by atoms with Crippen molar-refractivity contribution in [2.45, 2.75) is 52.5 Å². The predicted molar refractivity (Wildman–Crippen MR) is 131 cm³/mol. The molecule has 1 saturated carbocycles. The molecule has 1 unspecified atom stereocenters. The van der Waals surface area contributed by atoms with E-state index in [4.69, 9.17) is 0 Å². The van der Waals surface area contributed by atoms with Crippen molar-refractivity contribution in [3.63, 3.8) is 0 Å². The van der Waals surface area contributed by atoms with Crippen LogP contribution in [-0.4, -0.2) is 57.5 Å². The van der Waals surface area contributed by atoms with Crippen molar-refractivity contribution < 1.29 is 11.0 Å². The highest BCUT2D eigenvalue weighted by atomic mass is 16.2. The van der Waals surface area contributed by atoms with E-state index in [0.717, 1.165) is 55.6 Å². The molecule has 0 spiro atoms. The molecule has 1 aliphatic heterocycles. The van der Waals surface area contributed by atoms with Gasteiger partial charge in [-0.2, -0.15) is 5.10 Å². The maximum absolute atomic E-state index is 13.4. The number of likely N-dealkylation sites (tertiary alicyclic amines) is 1. The number of aromatic amines is 1. The van der Waals surface area contributed by atoms with Crippen molar-refractivity contribution in [1.82, 2.24) is 20.0 Å². The summed E-state index contributed by atoms with van der Waals surface area (Å²) in [7, 11) is 0. The number of carbonyl (C=O) groups excluding carboxylic acids is 2. The first kappa shape index (κ1) is 21.9. The van der Waals surface area contributed by atoms with Gasteiger partial charge in [-0.15, -0.1) is 0 Å². The van der Waals surface area contributed by atoms with Crippen LogP contribution < -0.4 is 0 Å². The third kappa shape index (κ3) is 4.48. The number of allylic oxidation sites excluding steroid dienone is 1. The van der Waals surface area contributed by atoms with Crippen LogP contribution in [0, 0.1) is 17.8 Å². The largest absolute Gasteiger partial charge is 0.342 e. The van der Waals surface area contributed by atoms with Gasteiger partial charge in [0.15, 0.2) is 0 Å². The number of nitrogens with one attached hydrogen (secondary N) is 1. The number of hydrogen-bond donors (Lipinski definition) is 1. The Hall–Kier alpha value is -2.89. The topological polar surface area (TPSA) is 69.3 Å². The average Bonchev–Trinajstić information content (AvgIpc) is 3.38.